The average Bonchev–Trinajstić information content (AvgIpc) is 3.26. The molecule has 0 heterocycles. The quantitative estimate of drug-likeness (QED) is 0.903. The fourth-order valence-corrected chi connectivity index (χ4v) is 5.57. The molecule has 24 heavy (non-hydrogen) atoms. The van der Waals surface area contributed by atoms with Crippen molar-refractivity contribution < 1.29 is 17.9 Å². The zero-order valence-electron chi connectivity index (χ0n) is 12.4. The van der Waals surface area contributed by atoms with Crippen LogP contribution in [-0.2, 0) is 9.84 Å². The van der Waals surface area contributed by atoms with Crippen molar-refractivity contribution in [2.75, 3.05) is 6.61 Å². The molecule has 0 amide bonds. The highest BCUT2D eigenvalue weighted by Gasteiger charge is 2.72. The fourth-order valence-electron chi connectivity index (χ4n) is 3.13. The molecular formula is C17H13ClFNO3S. The molecule has 2 aromatic rings. The Morgan fingerprint density at radius 2 is 1.75 bits per heavy atom. The van der Waals surface area contributed by atoms with Gasteiger partial charge in [0.1, 0.15) is 11.2 Å². The summed E-state index contributed by atoms with van der Waals surface area (Å²) in [5.41, 5.74) is -0.925. The van der Waals surface area contributed by atoms with Gasteiger partial charge in [-0.2, -0.15) is 5.26 Å². The largest absolute Gasteiger partial charge is 0.395 e. The third-order valence-electron chi connectivity index (χ3n) is 4.43. The van der Waals surface area contributed by atoms with E-state index in [1.54, 1.807) is 0 Å². The Morgan fingerprint density at radius 3 is 2.25 bits per heavy atom. The SMILES string of the molecule is N#C[C@@]1(CO)[C@H](S(=O)(=O)c2ccc(Cl)cc2)[C@@H]1c1ccc(F)cc1. The van der Waals surface area contributed by atoms with E-state index in [9.17, 15) is 23.2 Å². The van der Waals surface area contributed by atoms with Crippen molar-refractivity contribution in [2.24, 2.45) is 5.41 Å². The third kappa shape index (κ3) is 2.49. The second kappa shape index (κ2) is 5.85. The number of aliphatic hydroxyl groups is 1. The molecule has 1 aliphatic carbocycles. The van der Waals surface area contributed by atoms with Crippen LogP contribution in [0.1, 0.15) is 11.5 Å². The first-order valence-corrected chi connectivity index (χ1v) is 9.06. The fraction of sp³-hybridized carbons (Fsp3) is 0.235. The molecule has 7 heteroatoms. The Bertz CT molecular complexity index is 906. The number of benzene rings is 2. The average molecular weight is 366 g/mol. The first-order chi connectivity index (χ1) is 11.4. The lowest BCUT2D eigenvalue weighted by molar-refractivity contribution is 0.242. The van der Waals surface area contributed by atoms with Crippen LogP contribution in [0.4, 0.5) is 4.39 Å². The van der Waals surface area contributed by atoms with E-state index in [1.165, 1.54) is 48.5 Å². The van der Waals surface area contributed by atoms with Crippen LogP contribution in [0.2, 0.25) is 5.02 Å². The summed E-state index contributed by atoms with van der Waals surface area (Å²) in [6, 6.07) is 12.9. The summed E-state index contributed by atoms with van der Waals surface area (Å²) < 4.78 is 38.9. The highest BCUT2D eigenvalue weighted by atomic mass is 35.5. The number of nitrogens with zero attached hydrogens (tertiary/aromatic N) is 1. The highest BCUT2D eigenvalue weighted by molar-refractivity contribution is 7.92. The topological polar surface area (TPSA) is 78.2 Å². The van der Waals surface area contributed by atoms with Crippen LogP contribution < -0.4 is 0 Å². The first kappa shape index (κ1) is 16.9. The van der Waals surface area contributed by atoms with E-state index >= 15 is 0 Å². The molecule has 4 nitrogen and oxygen atoms in total. The van der Waals surface area contributed by atoms with Gasteiger partial charge in [0.2, 0.25) is 0 Å². The summed E-state index contributed by atoms with van der Waals surface area (Å²) >= 11 is 5.78. The van der Waals surface area contributed by atoms with Crippen LogP contribution in [0.3, 0.4) is 0 Å². The lowest BCUT2D eigenvalue weighted by Gasteiger charge is -2.06. The lowest BCUT2D eigenvalue weighted by Crippen LogP contribution is -2.18. The summed E-state index contributed by atoms with van der Waals surface area (Å²) in [5.74, 6) is -1.17. The number of sulfone groups is 1. The number of nitriles is 1. The van der Waals surface area contributed by atoms with Gasteiger partial charge < -0.3 is 5.11 Å². The maximum atomic E-state index is 13.1. The molecule has 0 spiro atoms. The number of aliphatic hydroxyl groups excluding tert-OH is 1. The Morgan fingerprint density at radius 1 is 1.17 bits per heavy atom. The smallest absolute Gasteiger partial charge is 0.183 e. The number of halogens is 2. The minimum atomic E-state index is -3.86. The summed E-state index contributed by atoms with van der Waals surface area (Å²) in [4.78, 5) is 0.0367. The van der Waals surface area contributed by atoms with Gasteiger partial charge in [0, 0.05) is 10.9 Å². The Labute approximate surface area is 144 Å². The van der Waals surface area contributed by atoms with Gasteiger partial charge in [-0.15, -0.1) is 0 Å². The summed E-state index contributed by atoms with van der Waals surface area (Å²) in [5, 5.41) is 18.5. The predicted octanol–water partition coefficient (Wildman–Crippen LogP) is 2.92. The maximum absolute atomic E-state index is 13.1. The van der Waals surface area contributed by atoms with Crippen molar-refractivity contribution in [2.45, 2.75) is 16.1 Å². The minimum absolute atomic E-state index is 0.0367. The van der Waals surface area contributed by atoms with Crippen LogP contribution >= 0.6 is 11.6 Å². The normalized spacial score (nSPS) is 25.9. The molecule has 2 aromatic carbocycles. The van der Waals surface area contributed by atoms with Gasteiger partial charge in [-0.25, -0.2) is 12.8 Å². The Hall–Kier alpha value is -1.94. The first-order valence-electron chi connectivity index (χ1n) is 7.14. The molecule has 1 aliphatic rings. The van der Waals surface area contributed by atoms with E-state index < -0.39 is 38.8 Å². The zero-order valence-corrected chi connectivity index (χ0v) is 13.9. The van der Waals surface area contributed by atoms with Crippen LogP contribution in [0.25, 0.3) is 0 Å². The molecule has 0 radical (unpaired) electrons. The maximum Gasteiger partial charge on any atom is 0.183 e. The second-order valence-electron chi connectivity index (χ2n) is 5.76. The van der Waals surface area contributed by atoms with E-state index in [1.807, 2.05) is 6.07 Å². The molecule has 0 unspecified atom stereocenters. The van der Waals surface area contributed by atoms with Gasteiger partial charge in [0.15, 0.2) is 9.84 Å². The van der Waals surface area contributed by atoms with Crippen molar-refractivity contribution >= 4 is 21.4 Å². The van der Waals surface area contributed by atoms with E-state index in [2.05, 4.69) is 0 Å². The molecule has 3 rings (SSSR count). The predicted molar refractivity (Wildman–Crippen MR) is 86.7 cm³/mol. The monoisotopic (exact) mass is 365 g/mol. The summed E-state index contributed by atoms with van der Waals surface area (Å²) in [6.07, 6.45) is 0. The molecule has 3 atom stereocenters. The van der Waals surface area contributed by atoms with Crippen LogP contribution in [0.5, 0.6) is 0 Å². The number of rotatable bonds is 4. The van der Waals surface area contributed by atoms with E-state index in [0.29, 0.717) is 10.6 Å². The molecule has 0 saturated heterocycles. The van der Waals surface area contributed by atoms with Crippen molar-refractivity contribution in [3.63, 3.8) is 0 Å². The Kier molecular flexibility index (Phi) is 4.12. The minimum Gasteiger partial charge on any atom is -0.395 e. The van der Waals surface area contributed by atoms with Gasteiger partial charge in [0.25, 0.3) is 0 Å². The van der Waals surface area contributed by atoms with E-state index in [0.717, 1.165) is 0 Å². The van der Waals surface area contributed by atoms with Crippen LogP contribution in [0, 0.1) is 22.6 Å². The molecule has 0 bridgehead atoms. The standard InChI is InChI=1S/C17H13ClFNO3S/c18-12-3-7-14(8-4-12)24(22,23)16-15(17(16,9-20)10-21)11-1-5-13(19)6-2-11/h1-8,15-16,21H,10H2/t15-,16+,17-/m0/s1. The number of hydrogen-bond acceptors (Lipinski definition) is 4. The van der Waals surface area contributed by atoms with Crippen LogP contribution in [-0.4, -0.2) is 25.4 Å². The second-order valence-corrected chi connectivity index (χ2v) is 8.26. The van der Waals surface area contributed by atoms with Crippen molar-refractivity contribution in [3.8, 4) is 6.07 Å². The van der Waals surface area contributed by atoms with E-state index in [4.69, 9.17) is 11.6 Å². The van der Waals surface area contributed by atoms with Gasteiger partial charge in [0.05, 0.1) is 22.8 Å². The van der Waals surface area contributed by atoms with Crippen LogP contribution in [0.15, 0.2) is 53.4 Å². The lowest BCUT2D eigenvalue weighted by atomic mass is 10.0. The summed E-state index contributed by atoms with van der Waals surface area (Å²) in [7, 11) is -3.86. The van der Waals surface area contributed by atoms with Crippen molar-refractivity contribution in [1.29, 1.82) is 5.26 Å². The molecule has 0 aromatic heterocycles. The van der Waals surface area contributed by atoms with E-state index in [-0.39, 0.29) is 4.90 Å². The van der Waals surface area contributed by atoms with Gasteiger partial charge in [-0.05, 0) is 42.0 Å². The molecule has 1 fully saturated rings. The highest BCUT2D eigenvalue weighted by Crippen LogP contribution is 2.63. The van der Waals surface area contributed by atoms with Gasteiger partial charge in [-0.1, -0.05) is 23.7 Å². The molecule has 124 valence electrons. The zero-order chi connectivity index (χ0) is 17.5. The van der Waals surface area contributed by atoms with Gasteiger partial charge >= 0.3 is 0 Å². The number of hydrogen-bond donors (Lipinski definition) is 1. The van der Waals surface area contributed by atoms with Crippen molar-refractivity contribution in [3.05, 3.63) is 64.9 Å². The third-order valence-corrected chi connectivity index (χ3v) is 6.97. The molecule has 0 aliphatic heterocycles. The molecular weight excluding hydrogens is 353 g/mol. The molecule has 1 saturated carbocycles. The molecule has 1 N–H and O–H groups in total. The summed E-state index contributed by atoms with van der Waals surface area (Å²) in [6.45, 7) is -0.594. The Balaban J connectivity index is 2.06. The van der Waals surface area contributed by atoms with Crippen molar-refractivity contribution in [1.82, 2.24) is 0 Å². The van der Waals surface area contributed by atoms with Gasteiger partial charge in [-0.3, -0.25) is 0 Å².